The van der Waals surface area contributed by atoms with Gasteiger partial charge >= 0.3 is 0 Å². The minimum Gasteiger partial charge on any atom is -0.337 e. The minimum atomic E-state index is -0.0530. The van der Waals surface area contributed by atoms with Crippen LogP contribution in [0.4, 0.5) is 5.82 Å². The van der Waals surface area contributed by atoms with E-state index in [0.29, 0.717) is 6.54 Å². The van der Waals surface area contributed by atoms with Gasteiger partial charge in [-0.3, -0.25) is 14.4 Å². The summed E-state index contributed by atoms with van der Waals surface area (Å²) < 4.78 is 3.74. The Labute approximate surface area is 178 Å². The lowest BCUT2D eigenvalue weighted by Crippen LogP contribution is -2.49. The van der Waals surface area contributed by atoms with Crippen molar-refractivity contribution in [2.45, 2.75) is 32.2 Å². The highest BCUT2D eigenvalue weighted by atomic mass is 35.5. The van der Waals surface area contributed by atoms with E-state index in [-0.39, 0.29) is 42.2 Å². The molecule has 0 spiro atoms. The van der Waals surface area contributed by atoms with E-state index >= 15 is 0 Å². The fraction of sp³-hybridized carbons (Fsp3) is 0.611. The maximum Gasteiger partial charge on any atom is 0.239 e. The average Bonchev–Trinajstić information content (AvgIpc) is 3.14. The molecular formula is C18H31Cl2N7O. The summed E-state index contributed by atoms with van der Waals surface area (Å²) in [5.74, 6) is 1.67. The summed E-state index contributed by atoms with van der Waals surface area (Å²) in [4.78, 5) is 19.3. The van der Waals surface area contributed by atoms with Crippen molar-refractivity contribution in [1.82, 2.24) is 29.5 Å². The summed E-state index contributed by atoms with van der Waals surface area (Å²) in [5, 5.41) is 10.9. The molecule has 1 saturated heterocycles. The van der Waals surface area contributed by atoms with Gasteiger partial charge in [0.2, 0.25) is 5.91 Å². The number of hydrogen-bond donors (Lipinski definition) is 2. The lowest BCUT2D eigenvalue weighted by molar-refractivity contribution is -0.118. The Morgan fingerprint density at radius 3 is 2.61 bits per heavy atom. The molecule has 3 rings (SSSR count). The fourth-order valence-electron chi connectivity index (χ4n) is 3.21. The first-order valence-electron chi connectivity index (χ1n) is 9.02. The van der Waals surface area contributed by atoms with Crippen LogP contribution >= 0.6 is 24.8 Å². The zero-order chi connectivity index (χ0) is 18.9. The van der Waals surface area contributed by atoms with Crippen LogP contribution in [0.3, 0.4) is 0 Å². The Balaban J connectivity index is 0.00000196. The zero-order valence-electron chi connectivity index (χ0n) is 17.1. The SMILES string of the molecule is Cl.Cl.Cn1ccnc1C1CNCCN1CC(=O)Nc1cc(C(C)(C)C)nn1C. The first-order valence-corrected chi connectivity index (χ1v) is 9.02. The maximum absolute atomic E-state index is 12.7. The molecule has 1 fully saturated rings. The molecule has 2 aromatic rings. The molecule has 158 valence electrons. The molecule has 0 saturated carbocycles. The molecule has 1 atom stereocenters. The molecule has 0 radical (unpaired) electrons. The molecule has 0 aromatic carbocycles. The molecule has 10 heteroatoms. The standard InChI is InChI=1S/C18H29N7O.2ClH/c1-18(2,3)14-10-15(24(5)22-14)21-16(26)12-25-9-6-19-11-13(25)17-20-7-8-23(17)4;;/h7-8,10,13,19H,6,9,11-12H2,1-5H3,(H,21,26);2*1H. The van der Waals surface area contributed by atoms with E-state index < -0.39 is 0 Å². The van der Waals surface area contributed by atoms with E-state index in [9.17, 15) is 4.79 Å². The number of nitrogens with zero attached hydrogens (tertiary/aromatic N) is 5. The third-order valence-corrected chi connectivity index (χ3v) is 4.77. The van der Waals surface area contributed by atoms with Gasteiger partial charge in [-0.2, -0.15) is 5.10 Å². The predicted octanol–water partition coefficient (Wildman–Crippen LogP) is 1.88. The number of piperazine rings is 1. The normalized spacial score (nSPS) is 17.5. The molecular weight excluding hydrogens is 401 g/mol. The average molecular weight is 432 g/mol. The Morgan fingerprint density at radius 1 is 1.32 bits per heavy atom. The number of carbonyl (C=O) groups is 1. The van der Waals surface area contributed by atoms with Crippen LogP contribution < -0.4 is 10.6 Å². The molecule has 28 heavy (non-hydrogen) atoms. The van der Waals surface area contributed by atoms with E-state index in [0.717, 1.165) is 37.0 Å². The summed E-state index contributed by atoms with van der Waals surface area (Å²) in [6.07, 6.45) is 3.73. The van der Waals surface area contributed by atoms with E-state index in [1.165, 1.54) is 0 Å². The largest absolute Gasteiger partial charge is 0.337 e. The number of halogens is 2. The second-order valence-corrected chi connectivity index (χ2v) is 7.92. The summed E-state index contributed by atoms with van der Waals surface area (Å²) >= 11 is 0. The van der Waals surface area contributed by atoms with Crippen molar-refractivity contribution in [2.75, 3.05) is 31.5 Å². The smallest absolute Gasteiger partial charge is 0.239 e. The predicted molar refractivity (Wildman–Crippen MR) is 115 cm³/mol. The van der Waals surface area contributed by atoms with Crippen LogP contribution in [0.15, 0.2) is 18.5 Å². The Morgan fingerprint density at radius 2 is 2.04 bits per heavy atom. The molecule has 1 aliphatic rings. The van der Waals surface area contributed by atoms with E-state index in [2.05, 4.69) is 46.4 Å². The fourth-order valence-corrected chi connectivity index (χ4v) is 3.21. The Kier molecular flexibility index (Phi) is 8.49. The van der Waals surface area contributed by atoms with Gasteiger partial charge in [0.05, 0.1) is 18.3 Å². The van der Waals surface area contributed by atoms with Gasteiger partial charge in [-0.1, -0.05) is 20.8 Å². The molecule has 0 aliphatic carbocycles. The van der Waals surface area contributed by atoms with Crippen LogP contribution in [0, 0.1) is 0 Å². The highest BCUT2D eigenvalue weighted by Crippen LogP contribution is 2.24. The van der Waals surface area contributed by atoms with Crippen molar-refractivity contribution in [2.24, 2.45) is 14.1 Å². The lowest BCUT2D eigenvalue weighted by atomic mass is 9.92. The van der Waals surface area contributed by atoms with Gasteiger partial charge in [0.1, 0.15) is 11.6 Å². The van der Waals surface area contributed by atoms with Crippen molar-refractivity contribution in [3.05, 3.63) is 30.0 Å². The lowest BCUT2D eigenvalue weighted by Gasteiger charge is -2.35. The summed E-state index contributed by atoms with van der Waals surface area (Å²) in [5.41, 5.74) is 0.908. The first-order chi connectivity index (χ1) is 12.3. The van der Waals surface area contributed by atoms with E-state index in [1.54, 1.807) is 10.9 Å². The van der Waals surface area contributed by atoms with Crippen molar-refractivity contribution in [3.63, 3.8) is 0 Å². The minimum absolute atomic E-state index is 0. The van der Waals surface area contributed by atoms with Crippen molar-refractivity contribution >= 4 is 36.5 Å². The molecule has 1 amide bonds. The molecule has 8 nitrogen and oxygen atoms in total. The molecule has 0 bridgehead atoms. The number of imidazole rings is 1. The monoisotopic (exact) mass is 431 g/mol. The van der Waals surface area contributed by atoms with Gasteiger partial charge in [0, 0.05) is 57.6 Å². The molecule has 2 aromatic heterocycles. The van der Waals surface area contributed by atoms with Crippen molar-refractivity contribution in [3.8, 4) is 0 Å². The van der Waals surface area contributed by atoms with Gasteiger partial charge in [0.25, 0.3) is 0 Å². The van der Waals surface area contributed by atoms with Gasteiger partial charge in [-0.05, 0) is 0 Å². The van der Waals surface area contributed by atoms with Crippen LogP contribution in [-0.4, -0.2) is 56.3 Å². The van der Waals surface area contributed by atoms with Crippen molar-refractivity contribution in [1.29, 1.82) is 0 Å². The Bertz CT molecular complexity index is 781. The molecule has 2 N–H and O–H groups in total. The van der Waals surface area contributed by atoms with Crippen LogP contribution in [0.25, 0.3) is 0 Å². The number of amides is 1. The number of aromatic nitrogens is 4. The van der Waals surface area contributed by atoms with Crippen molar-refractivity contribution < 1.29 is 4.79 Å². The zero-order valence-corrected chi connectivity index (χ0v) is 18.7. The van der Waals surface area contributed by atoms with Crippen LogP contribution in [0.1, 0.15) is 38.3 Å². The number of anilines is 1. The summed E-state index contributed by atoms with van der Waals surface area (Å²) in [7, 11) is 3.84. The van der Waals surface area contributed by atoms with Gasteiger partial charge in [-0.25, -0.2) is 4.98 Å². The second kappa shape index (κ2) is 9.73. The number of rotatable bonds is 4. The number of aryl methyl sites for hydroxylation is 2. The highest BCUT2D eigenvalue weighted by molar-refractivity contribution is 5.91. The van der Waals surface area contributed by atoms with Crippen LogP contribution in [0.5, 0.6) is 0 Å². The summed E-state index contributed by atoms with van der Waals surface area (Å²) in [6, 6.07) is 2.04. The maximum atomic E-state index is 12.7. The highest BCUT2D eigenvalue weighted by Gasteiger charge is 2.28. The summed E-state index contributed by atoms with van der Waals surface area (Å²) in [6.45, 7) is 9.13. The molecule has 3 heterocycles. The Hall–Kier alpha value is -1.61. The number of nitrogens with one attached hydrogen (secondary N) is 2. The third-order valence-electron chi connectivity index (χ3n) is 4.77. The van der Waals surface area contributed by atoms with Crippen LogP contribution in [-0.2, 0) is 24.3 Å². The van der Waals surface area contributed by atoms with Gasteiger partial charge in [0.15, 0.2) is 0 Å². The number of hydrogen-bond acceptors (Lipinski definition) is 5. The molecule has 1 unspecified atom stereocenters. The van der Waals surface area contributed by atoms with E-state index in [1.807, 2.05) is 30.9 Å². The topological polar surface area (TPSA) is 80.0 Å². The third kappa shape index (κ3) is 5.47. The van der Waals surface area contributed by atoms with Gasteiger partial charge in [-0.15, -0.1) is 24.8 Å². The van der Waals surface area contributed by atoms with E-state index in [4.69, 9.17) is 0 Å². The number of carbonyl (C=O) groups excluding carboxylic acids is 1. The quantitative estimate of drug-likeness (QED) is 0.772. The van der Waals surface area contributed by atoms with Gasteiger partial charge < -0.3 is 15.2 Å². The van der Waals surface area contributed by atoms with Crippen LogP contribution in [0.2, 0.25) is 0 Å². The second-order valence-electron chi connectivity index (χ2n) is 7.92. The molecule has 1 aliphatic heterocycles. The first kappa shape index (κ1) is 24.4.